The number of imidazole rings is 1. The first-order valence-electron chi connectivity index (χ1n) is 12.1. The Kier molecular flexibility index (Phi) is 6.08. The van der Waals surface area contributed by atoms with Crippen LogP contribution >= 0.6 is 0 Å². The van der Waals surface area contributed by atoms with Gasteiger partial charge in [-0.25, -0.2) is 14.1 Å². The number of halogens is 1. The van der Waals surface area contributed by atoms with E-state index >= 15 is 4.39 Å². The van der Waals surface area contributed by atoms with Gasteiger partial charge in [0.1, 0.15) is 23.1 Å². The molecule has 3 aromatic heterocycles. The van der Waals surface area contributed by atoms with Gasteiger partial charge in [0.2, 0.25) is 0 Å². The molecule has 1 aliphatic heterocycles. The van der Waals surface area contributed by atoms with Crippen LogP contribution in [0.4, 0.5) is 4.39 Å². The van der Waals surface area contributed by atoms with Crippen LogP contribution in [0.1, 0.15) is 57.1 Å². The van der Waals surface area contributed by atoms with Crippen LogP contribution in [-0.4, -0.2) is 47.5 Å². The molecular formula is C26H29FN8O. The zero-order valence-corrected chi connectivity index (χ0v) is 20.9. The van der Waals surface area contributed by atoms with Crippen molar-refractivity contribution >= 4 is 11.0 Å². The van der Waals surface area contributed by atoms with E-state index in [1.165, 1.54) is 24.7 Å². The van der Waals surface area contributed by atoms with Crippen LogP contribution in [0.5, 0.6) is 5.75 Å². The molecule has 0 radical (unpaired) electrons. The number of likely N-dealkylation sites (tertiary alicyclic amines) is 1. The number of fused-ring (bicyclic) bond motifs is 1. The Hall–Kier alpha value is -4.00. The third kappa shape index (κ3) is 4.37. The van der Waals surface area contributed by atoms with E-state index in [2.05, 4.69) is 26.5 Å². The first-order chi connectivity index (χ1) is 17.3. The number of benzene rings is 1. The van der Waals surface area contributed by atoms with Crippen molar-refractivity contribution in [3.8, 4) is 23.2 Å². The standard InChI is InChI=1S/C26H29FN8O/c1-17-24(31-32-35(17)20-8-11-33(15-28)12-9-20)19-13-22-25(34(16-30-22)26(3,4)27)23(14-19)36-18(2)21-7-5-6-10-29-21/h5-7,10,13-14,16,18,20H,8-9,11-12H2,1-4H3/t18-/m1/s1. The Labute approximate surface area is 209 Å². The third-order valence-electron chi connectivity index (χ3n) is 6.74. The largest absolute Gasteiger partial charge is 0.482 e. The molecule has 0 amide bonds. The van der Waals surface area contributed by atoms with Crippen molar-refractivity contribution in [3.05, 3.63) is 54.2 Å². The van der Waals surface area contributed by atoms with E-state index < -0.39 is 5.79 Å². The van der Waals surface area contributed by atoms with E-state index in [-0.39, 0.29) is 12.1 Å². The minimum absolute atomic E-state index is 0.186. The zero-order valence-electron chi connectivity index (χ0n) is 20.9. The Bertz CT molecular complexity index is 1410. The molecule has 10 heteroatoms. The van der Waals surface area contributed by atoms with E-state index in [1.54, 1.807) is 11.1 Å². The molecule has 9 nitrogen and oxygen atoms in total. The molecule has 1 atom stereocenters. The van der Waals surface area contributed by atoms with E-state index in [0.29, 0.717) is 29.9 Å². The van der Waals surface area contributed by atoms with Gasteiger partial charge in [0.25, 0.3) is 0 Å². The van der Waals surface area contributed by atoms with Crippen LogP contribution in [0.25, 0.3) is 22.3 Å². The summed E-state index contributed by atoms with van der Waals surface area (Å²) in [6, 6.07) is 9.62. The van der Waals surface area contributed by atoms with Crippen LogP contribution in [0, 0.1) is 18.4 Å². The molecular weight excluding hydrogens is 459 g/mol. The summed E-state index contributed by atoms with van der Waals surface area (Å²) < 4.78 is 24.9. The Balaban J connectivity index is 1.55. The zero-order chi connectivity index (χ0) is 25.4. The number of nitriles is 1. The summed E-state index contributed by atoms with van der Waals surface area (Å²) in [6.07, 6.45) is 6.75. The lowest BCUT2D eigenvalue weighted by atomic mass is 10.0. The SMILES string of the molecule is Cc1c(-c2cc(O[C@H](C)c3ccccn3)c3c(c2)ncn3C(C)(C)F)nnn1C1CCN(C#N)CC1. The van der Waals surface area contributed by atoms with Crippen molar-refractivity contribution in [2.45, 2.75) is 58.5 Å². The monoisotopic (exact) mass is 488 g/mol. The average molecular weight is 489 g/mol. The van der Waals surface area contributed by atoms with Crippen LogP contribution in [-0.2, 0) is 5.79 Å². The van der Waals surface area contributed by atoms with Crippen LogP contribution < -0.4 is 4.74 Å². The number of pyridine rings is 1. The van der Waals surface area contributed by atoms with Gasteiger partial charge in [-0.1, -0.05) is 11.3 Å². The van der Waals surface area contributed by atoms with Gasteiger partial charge in [-0.05, 0) is 64.8 Å². The highest BCUT2D eigenvalue weighted by Crippen LogP contribution is 2.38. The van der Waals surface area contributed by atoms with Crippen molar-refractivity contribution in [2.24, 2.45) is 0 Å². The molecule has 0 bridgehead atoms. The highest BCUT2D eigenvalue weighted by Gasteiger charge is 2.27. The second kappa shape index (κ2) is 9.22. The lowest BCUT2D eigenvalue weighted by Crippen LogP contribution is -2.31. The summed E-state index contributed by atoms with van der Waals surface area (Å²) in [5.74, 6) is -1.17. The van der Waals surface area contributed by atoms with E-state index in [9.17, 15) is 0 Å². The van der Waals surface area contributed by atoms with Crippen molar-refractivity contribution in [2.75, 3.05) is 13.1 Å². The number of ether oxygens (including phenoxy) is 1. The van der Waals surface area contributed by atoms with Crippen LogP contribution in [0.2, 0.25) is 0 Å². The smallest absolute Gasteiger partial charge is 0.182 e. The fourth-order valence-corrected chi connectivity index (χ4v) is 4.77. The quantitative estimate of drug-likeness (QED) is 0.355. The molecule has 1 aromatic carbocycles. The van der Waals surface area contributed by atoms with Gasteiger partial charge in [-0.15, -0.1) is 5.10 Å². The van der Waals surface area contributed by atoms with Gasteiger partial charge in [0.15, 0.2) is 12.0 Å². The topological polar surface area (TPSA) is 97.7 Å². The van der Waals surface area contributed by atoms with Crippen LogP contribution in [0.15, 0.2) is 42.9 Å². The summed E-state index contributed by atoms with van der Waals surface area (Å²) in [7, 11) is 0. The molecule has 36 heavy (non-hydrogen) atoms. The van der Waals surface area contributed by atoms with Gasteiger partial charge in [0.05, 0.1) is 29.3 Å². The number of aromatic nitrogens is 6. The summed E-state index contributed by atoms with van der Waals surface area (Å²) >= 11 is 0. The maximum absolute atomic E-state index is 15.1. The Morgan fingerprint density at radius 1 is 1.19 bits per heavy atom. The van der Waals surface area contributed by atoms with Crippen molar-refractivity contribution in [3.63, 3.8) is 0 Å². The fourth-order valence-electron chi connectivity index (χ4n) is 4.77. The van der Waals surface area contributed by atoms with E-state index in [1.807, 2.05) is 48.9 Å². The molecule has 5 rings (SSSR count). The normalized spacial score (nSPS) is 15.7. The molecule has 1 fully saturated rings. The predicted octanol–water partition coefficient (Wildman–Crippen LogP) is 4.92. The number of alkyl halides is 1. The van der Waals surface area contributed by atoms with Crippen molar-refractivity contribution in [1.82, 2.24) is 34.4 Å². The number of nitrogens with zero attached hydrogens (tertiary/aromatic N) is 8. The lowest BCUT2D eigenvalue weighted by Gasteiger charge is -2.28. The first kappa shape index (κ1) is 23.7. The Morgan fingerprint density at radius 3 is 2.64 bits per heavy atom. The minimum atomic E-state index is -1.67. The summed E-state index contributed by atoms with van der Waals surface area (Å²) in [5.41, 5.74) is 4.40. The molecule has 0 unspecified atom stereocenters. The number of rotatable bonds is 6. The average Bonchev–Trinajstić information content (AvgIpc) is 3.48. The maximum atomic E-state index is 15.1. The van der Waals surface area contributed by atoms with Gasteiger partial charge < -0.3 is 9.64 Å². The van der Waals surface area contributed by atoms with Crippen LogP contribution in [0.3, 0.4) is 0 Å². The molecule has 0 N–H and O–H groups in total. The summed E-state index contributed by atoms with van der Waals surface area (Å²) in [5, 5.41) is 18.1. The lowest BCUT2D eigenvalue weighted by molar-refractivity contribution is 0.124. The maximum Gasteiger partial charge on any atom is 0.182 e. The van der Waals surface area contributed by atoms with Crippen molar-refractivity contribution in [1.29, 1.82) is 5.26 Å². The summed E-state index contributed by atoms with van der Waals surface area (Å²) in [6.45, 7) is 8.31. The molecule has 1 aliphatic rings. The predicted molar refractivity (Wildman–Crippen MR) is 133 cm³/mol. The highest BCUT2D eigenvalue weighted by atomic mass is 19.1. The van der Waals surface area contributed by atoms with Gasteiger partial charge in [0, 0.05) is 24.8 Å². The molecule has 0 saturated carbocycles. The summed E-state index contributed by atoms with van der Waals surface area (Å²) in [4.78, 5) is 10.7. The second-order valence-electron chi connectivity index (χ2n) is 9.67. The van der Waals surface area contributed by atoms with Gasteiger partial charge in [-0.3, -0.25) is 9.55 Å². The fraction of sp³-hybridized carbons (Fsp3) is 0.423. The minimum Gasteiger partial charge on any atom is -0.482 e. The molecule has 4 aromatic rings. The molecule has 0 aliphatic carbocycles. The molecule has 0 spiro atoms. The van der Waals surface area contributed by atoms with Crippen molar-refractivity contribution < 1.29 is 9.13 Å². The first-order valence-corrected chi connectivity index (χ1v) is 12.1. The van der Waals surface area contributed by atoms with E-state index in [4.69, 9.17) is 10.00 Å². The van der Waals surface area contributed by atoms with Gasteiger partial charge in [-0.2, -0.15) is 5.26 Å². The number of hydrogen-bond donors (Lipinski definition) is 0. The second-order valence-corrected chi connectivity index (χ2v) is 9.67. The van der Waals surface area contributed by atoms with Gasteiger partial charge >= 0.3 is 0 Å². The molecule has 1 saturated heterocycles. The molecule has 4 heterocycles. The molecule has 186 valence electrons. The number of hydrogen-bond acceptors (Lipinski definition) is 7. The number of piperidine rings is 1. The highest BCUT2D eigenvalue weighted by molar-refractivity contribution is 5.88. The third-order valence-corrected chi connectivity index (χ3v) is 6.74. The Morgan fingerprint density at radius 2 is 1.97 bits per heavy atom. The van der Waals surface area contributed by atoms with E-state index in [0.717, 1.165) is 35.5 Å².